The molecule has 0 atom stereocenters. The molecule has 0 aliphatic carbocycles. The fraction of sp³-hybridized carbons (Fsp3) is 0.235. The fourth-order valence-electron chi connectivity index (χ4n) is 2.03. The van der Waals surface area contributed by atoms with Gasteiger partial charge in [0.1, 0.15) is 19.0 Å². The Morgan fingerprint density at radius 3 is 2.65 bits per heavy atom. The highest BCUT2D eigenvalue weighted by Gasteiger charge is 2.11. The van der Waals surface area contributed by atoms with E-state index in [0.717, 1.165) is 11.3 Å². The summed E-state index contributed by atoms with van der Waals surface area (Å²) in [6.07, 6.45) is 1.26. The molecular formula is C17H18ClNO4. The van der Waals surface area contributed by atoms with Crippen molar-refractivity contribution in [3.8, 4) is 17.2 Å². The van der Waals surface area contributed by atoms with Gasteiger partial charge in [0.25, 0.3) is 0 Å². The summed E-state index contributed by atoms with van der Waals surface area (Å²) in [4.78, 5) is 0. The number of benzene rings is 2. The lowest BCUT2D eigenvalue weighted by Gasteiger charge is -2.13. The van der Waals surface area contributed by atoms with Crippen LogP contribution in [0.15, 0.2) is 41.6 Å². The first kappa shape index (κ1) is 17.0. The van der Waals surface area contributed by atoms with Crippen molar-refractivity contribution in [1.82, 2.24) is 0 Å². The SMILES string of the molecule is COc1cc(C=NO)cc(Cl)c1OCCOc1cccc(C)c1. The van der Waals surface area contributed by atoms with Gasteiger partial charge in [-0.3, -0.25) is 0 Å². The number of hydrogen-bond donors (Lipinski definition) is 1. The Labute approximate surface area is 140 Å². The van der Waals surface area contributed by atoms with Crippen molar-refractivity contribution in [2.75, 3.05) is 20.3 Å². The van der Waals surface area contributed by atoms with E-state index >= 15 is 0 Å². The Morgan fingerprint density at radius 2 is 1.96 bits per heavy atom. The van der Waals surface area contributed by atoms with Gasteiger partial charge in [-0.2, -0.15) is 0 Å². The maximum Gasteiger partial charge on any atom is 0.179 e. The van der Waals surface area contributed by atoms with Crippen LogP contribution >= 0.6 is 11.6 Å². The van der Waals surface area contributed by atoms with Gasteiger partial charge in [0, 0.05) is 5.56 Å². The van der Waals surface area contributed by atoms with Crippen LogP contribution in [0, 0.1) is 6.92 Å². The smallest absolute Gasteiger partial charge is 0.179 e. The number of oxime groups is 1. The Morgan fingerprint density at radius 1 is 1.17 bits per heavy atom. The monoisotopic (exact) mass is 335 g/mol. The van der Waals surface area contributed by atoms with E-state index in [1.165, 1.54) is 13.3 Å². The van der Waals surface area contributed by atoms with Crippen LogP contribution in [0.1, 0.15) is 11.1 Å². The molecule has 0 bridgehead atoms. The van der Waals surface area contributed by atoms with Crippen LogP contribution < -0.4 is 14.2 Å². The molecule has 2 rings (SSSR count). The third kappa shape index (κ3) is 4.79. The van der Waals surface area contributed by atoms with Crippen molar-refractivity contribution in [3.05, 3.63) is 52.5 Å². The van der Waals surface area contributed by atoms with Gasteiger partial charge in [-0.05, 0) is 36.8 Å². The lowest BCUT2D eigenvalue weighted by molar-refractivity contribution is 0.211. The predicted octanol–water partition coefficient (Wildman–Crippen LogP) is 3.92. The highest BCUT2D eigenvalue weighted by Crippen LogP contribution is 2.36. The number of ether oxygens (including phenoxy) is 3. The highest BCUT2D eigenvalue weighted by molar-refractivity contribution is 6.32. The second kappa shape index (κ2) is 8.29. The van der Waals surface area contributed by atoms with Gasteiger partial charge in [0.05, 0.1) is 18.3 Å². The van der Waals surface area contributed by atoms with Crippen molar-refractivity contribution in [2.24, 2.45) is 5.16 Å². The van der Waals surface area contributed by atoms with E-state index in [2.05, 4.69) is 5.16 Å². The maximum absolute atomic E-state index is 8.58. The Hall–Kier alpha value is -2.40. The standard InChI is InChI=1S/C17H18ClNO4/c1-12-4-3-5-14(8-12)22-6-7-23-17-15(18)9-13(11-19-20)10-16(17)21-2/h3-5,8-11,20H,6-7H2,1-2H3. The molecule has 2 aromatic carbocycles. The van der Waals surface area contributed by atoms with Crippen molar-refractivity contribution < 1.29 is 19.4 Å². The van der Waals surface area contributed by atoms with E-state index < -0.39 is 0 Å². The van der Waals surface area contributed by atoms with Crippen molar-refractivity contribution in [3.63, 3.8) is 0 Å². The fourth-order valence-corrected chi connectivity index (χ4v) is 2.30. The first-order valence-corrected chi connectivity index (χ1v) is 7.39. The molecule has 0 unspecified atom stereocenters. The summed E-state index contributed by atoms with van der Waals surface area (Å²) >= 11 is 6.18. The van der Waals surface area contributed by atoms with Gasteiger partial charge in [0.2, 0.25) is 0 Å². The second-order valence-corrected chi connectivity index (χ2v) is 5.20. The van der Waals surface area contributed by atoms with E-state index in [1.54, 1.807) is 12.1 Å². The predicted molar refractivity (Wildman–Crippen MR) is 89.6 cm³/mol. The van der Waals surface area contributed by atoms with E-state index in [1.807, 2.05) is 31.2 Å². The topological polar surface area (TPSA) is 60.3 Å². The molecule has 0 saturated carbocycles. The summed E-state index contributed by atoms with van der Waals surface area (Å²) < 4.78 is 16.5. The summed E-state index contributed by atoms with van der Waals surface area (Å²) in [5.74, 6) is 1.68. The molecule has 23 heavy (non-hydrogen) atoms. The minimum atomic E-state index is 0.317. The molecule has 0 aromatic heterocycles. The summed E-state index contributed by atoms with van der Waals surface area (Å²) in [5.41, 5.74) is 1.74. The Kier molecular flexibility index (Phi) is 6.11. The number of rotatable bonds is 7. The molecule has 0 aliphatic rings. The normalized spacial score (nSPS) is 10.7. The second-order valence-electron chi connectivity index (χ2n) is 4.79. The van der Waals surface area contributed by atoms with Gasteiger partial charge in [-0.15, -0.1) is 0 Å². The summed E-state index contributed by atoms with van der Waals surface area (Å²) in [6.45, 7) is 2.70. The molecule has 0 saturated heterocycles. The molecule has 122 valence electrons. The minimum absolute atomic E-state index is 0.317. The number of halogens is 1. The van der Waals surface area contributed by atoms with Crippen LogP contribution in [-0.4, -0.2) is 31.7 Å². The first-order chi connectivity index (χ1) is 11.1. The zero-order chi connectivity index (χ0) is 16.7. The van der Waals surface area contributed by atoms with Crippen LogP contribution in [0.25, 0.3) is 0 Å². The third-order valence-corrected chi connectivity index (χ3v) is 3.33. The summed E-state index contributed by atoms with van der Waals surface area (Å²) in [6, 6.07) is 11.1. The van der Waals surface area contributed by atoms with Crippen molar-refractivity contribution in [2.45, 2.75) is 6.92 Å². The molecule has 5 nitrogen and oxygen atoms in total. The van der Waals surface area contributed by atoms with E-state index in [9.17, 15) is 0 Å². The lowest BCUT2D eigenvalue weighted by Crippen LogP contribution is -2.10. The molecule has 0 amide bonds. The van der Waals surface area contributed by atoms with Crippen LogP contribution in [0.5, 0.6) is 17.2 Å². The molecular weight excluding hydrogens is 318 g/mol. The molecule has 0 radical (unpaired) electrons. The number of aryl methyl sites for hydroxylation is 1. The van der Waals surface area contributed by atoms with Crippen LogP contribution in [0.3, 0.4) is 0 Å². The maximum atomic E-state index is 8.58. The molecule has 6 heteroatoms. The Balaban J connectivity index is 1.97. The summed E-state index contributed by atoms with van der Waals surface area (Å²) in [7, 11) is 1.52. The van der Waals surface area contributed by atoms with Crippen LogP contribution in [0.4, 0.5) is 0 Å². The minimum Gasteiger partial charge on any atom is -0.493 e. The van der Waals surface area contributed by atoms with Crippen molar-refractivity contribution >= 4 is 17.8 Å². The molecule has 0 fully saturated rings. The van der Waals surface area contributed by atoms with E-state index in [4.69, 9.17) is 31.0 Å². The van der Waals surface area contributed by atoms with Gasteiger partial charge < -0.3 is 19.4 Å². The van der Waals surface area contributed by atoms with Crippen molar-refractivity contribution in [1.29, 1.82) is 0 Å². The Bertz CT molecular complexity index is 688. The van der Waals surface area contributed by atoms with Crippen LogP contribution in [0.2, 0.25) is 5.02 Å². The molecule has 2 aromatic rings. The highest BCUT2D eigenvalue weighted by atomic mass is 35.5. The van der Waals surface area contributed by atoms with Crippen LogP contribution in [-0.2, 0) is 0 Å². The molecule has 0 aliphatic heterocycles. The van der Waals surface area contributed by atoms with Gasteiger partial charge in [0.15, 0.2) is 11.5 Å². The molecule has 0 heterocycles. The zero-order valence-electron chi connectivity index (χ0n) is 13.0. The lowest BCUT2D eigenvalue weighted by atomic mass is 10.2. The first-order valence-electron chi connectivity index (χ1n) is 7.01. The largest absolute Gasteiger partial charge is 0.493 e. The number of methoxy groups -OCH3 is 1. The quantitative estimate of drug-likeness (QED) is 0.360. The van der Waals surface area contributed by atoms with E-state index in [0.29, 0.717) is 35.3 Å². The van der Waals surface area contributed by atoms with Gasteiger partial charge in [-0.1, -0.05) is 28.9 Å². The average Bonchev–Trinajstić information content (AvgIpc) is 2.53. The molecule has 1 N–H and O–H groups in total. The third-order valence-electron chi connectivity index (χ3n) is 3.05. The average molecular weight is 336 g/mol. The van der Waals surface area contributed by atoms with E-state index in [-0.39, 0.29) is 0 Å². The van der Waals surface area contributed by atoms with Gasteiger partial charge >= 0.3 is 0 Å². The number of nitrogens with zero attached hydrogens (tertiary/aromatic N) is 1. The molecule has 0 spiro atoms. The van der Waals surface area contributed by atoms with Gasteiger partial charge in [-0.25, -0.2) is 0 Å². The number of hydrogen-bond acceptors (Lipinski definition) is 5. The summed E-state index contributed by atoms with van der Waals surface area (Å²) in [5, 5.41) is 11.9. The zero-order valence-corrected chi connectivity index (χ0v) is 13.7.